The smallest absolute Gasteiger partial charge is 0.107 e. The van der Waals surface area contributed by atoms with Crippen molar-refractivity contribution in [3.05, 3.63) is 72.0 Å². The molecule has 0 aliphatic carbocycles. The molecule has 4 atom stereocenters. The minimum atomic E-state index is -0.409. The first-order chi connectivity index (χ1) is 13.0. The van der Waals surface area contributed by atoms with Gasteiger partial charge in [-0.1, -0.05) is 42.5 Å². The van der Waals surface area contributed by atoms with Gasteiger partial charge in [-0.2, -0.15) is 0 Å². The van der Waals surface area contributed by atoms with Gasteiger partial charge < -0.3 is 15.3 Å². The van der Waals surface area contributed by atoms with Crippen molar-refractivity contribution in [1.29, 1.82) is 0 Å². The summed E-state index contributed by atoms with van der Waals surface area (Å²) in [5.41, 5.74) is 1.93. The fourth-order valence-corrected chi connectivity index (χ4v) is 3.87. The van der Waals surface area contributed by atoms with Crippen LogP contribution in [0.2, 0.25) is 0 Å². The second-order valence-electron chi connectivity index (χ2n) is 7.59. The maximum Gasteiger partial charge on any atom is 0.107 e. The van der Waals surface area contributed by atoms with Gasteiger partial charge in [0.15, 0.2) is 0 Å². The van der Waals surface area contributed by atoms with Gasteiger partial charge in [0.2, 0.25) is 0 Å². The summed E-state index contributed by atoms with van der Waals surface area (Å²) >= 11 is 0. The molecule has 142 valence electrons. The van der Waals surface area contributed by atoms with Crippen molar-refractivity contribution in [2.45, 2.75) is 57.3 Å². The van der Waals surface area contributed by atoms with Crippen LogP contribution in [0.3, 0.4) is 0 Å². The number of aliphatic hydroxyl groups excluding tert-OH is 1. The topological polar surface area (TPSA) is 47.9 Å². The van der Waals surface area contributed by atoms with Gasteiger partial charge in [0, 0.05) is 18.2 Å². The van der Waals surface area contributed by atoms with Gasteiger partial charge in [-0.25, -0.2) is 0 Å². The zero-order chi connectivity index (χ0) is 19.3. The molecule has 2 N–H and O–H groups in total. The van der Waals surface area contributed by atoms with Crippen LogP contribution in [-0.2, 0) is 0 Å². The van der Waals surface area contributed by atoms with E-state index in [0.717, 1.165) is 18.5 Å². The monoisotopic (exact) mass is 363 g/mol. The highest BCUT2D eigenvalue weighted by Gasteiger charge is 2.44. The van der Waals surface area contributed by atoms with E-state index in [0.29, 0.717) is 12.5 Å². The predicted molar refractivity (Wildman–Crippen MR) is 110 cm³/mol. The first-order valence-electron chi connectivity index (χ1n) is 9.64. The van der Waals surface area contributed by atoms with E-state index in [2.05, 4.69) is 60.5 Å². The summed E-state index contributed by atoms with van der Waals surface area (Å²) in [5, 5.41) is 13.5. The minimum Gasteiger partial charge on any atom is -0.393 e. The van der Waals surface area contributed by atoms with Crippen LogP contribution in [0.5, 0.6) is 0 Å². The Morgan fingerprint density at radius 1 is 1.56 bits per heavy atom. The molecule has 4 unspecified atom stereocenters. The Kier molecular flexibility index (Phi) is 6.03. The van der Waals surface area contributed by atoms with Crippen LogP contribution >= 0.6 is 0 Å². The predicted octanol–water partition coefficient (Wildman–Crippen LogP) is 3.58. The number of aliphatic hydroxyl groups is 1. The first kappa shape index (κ1) is 19.3. The highest BCUT2D eigenvalue weighted by Crippen LogP contribution is 2.41. The van der Waals surface area contributed by atoms with Gasteiger partial charge in [0.1, 0.15) is 6.04 Å². The molecule has 27 heavy (non-hydrogen) atoms. The summed E-state index contributed by atoms with van der Waals surface area (Å²) in [6.45, 7) is 6.84. The van der Waals surface area contributed by atoms with Crippen LogP contribution in [0.25, 0.3) is 0 Å². The Bertz CT molecular complexity index is 727. The largest absolute Gasteiger partial charge is 0.393 e. The molecule has 0 radical (unpaired) electrons. The van der Waals surface area contributed by atoms with Gasteiger partial charge in [-0.3, -0.25) is 4.99 Å². The van der Waals surface area contributed by atoms with Gasteiger partial charge in [-0.15, -0.1) is 0 Å². The zero-order valence-corrected chi connectivity index (χ0v) is 16.4. The van der Waals surface area contributed by atoms with Crippen LogP contribution in [0.15, 0.2) is 59.3 Å². The van der Waals surface area contributed by atoms with Crippen molar-refractivity contribution in [2.24, 2.45) is 4.99 Å². The van der Waals surface area contributed by atoms with Crippen LogP contribution in [0, 0.1) is 12.1 Å². The quantitative estimate of drug-likeness (QED) is 0.728. The minimum absolute atomic E-state index is 0.0627. The molecule has 2 aliphatic rings. The highest BCUT2D eigenvalue weighted by atomic mass is 16.3. The van der Waals surface area contributed by atoms with E-state index in [-0.39, 0.29) is 11.6 Å². The molecule has 2 heterocycles. The normalized spacial score (nSPS) is 28.6. The third-order valence-corrected chi connectivity index (χ3v) is 5.36. The first-order valence-corrected chi connectivity index (χ1v) is 9.64. The molecule has 0 amide bonds. The highest BCUT2D eigenvalue weighted by molar-refractivity contribution is 5.62. The van der Waals surface area contributed by atoms with Gasteiger partial charge >= 0.3 is 0 Å². The number of rotatable bonds is 7. The molecule has 0 saturated heterocycles. The number of hydrogen-bond acceptors (Lipinski definition) is 4. The van der Waals surface area contributed by atoms with E-state index in [1.54, 1.807) is 0 Å². The summed E-state index contributed by atoms with van der Waals surface area (Å²) < 4.78 is 0. The molecule has 4 nitrogen and oxygen atoms in total. The standard InChI is InChI=1S/C23H29N3O/c1-4-19(12-13-21-11-8-14-24-21)16-26-17-25-22(20-9-6-5-7-10-20)23(26,3)15-18(2)27/h4-6,8-9,12-14,17-18,21-22,24,27H,11,15-16H2,1-3H3/b13-12?,19-4+. The maximum atomic E-state index is 10.2. The Hall–Kier alpha value is -2.51. The van der Waals surface area contributed by atoms with Gasteiger partial charge in [-0.05, 0) is 57.5 Å². The maximum absolute atomic E-state index is 10.2. The number of hydrogen-bond donors (Lipinski definition) is 2. The number of allylic oxidation sites excluding steroid dienone is 1. The molecule has 0 spiro atoms. The van der Waals surface area contributed by atoms with Crippen LogP contribution in [0.1, 0.15) is 45.2 Å². The molecule has 0 saturated carbocycles. The Labute approximate surface area is 163 Å². The average molecular weight is 364 g/mol. The number of nitrogens with one attached hydrogen (secondary N) is 1. The molecular formula is C23H29N3O. The van der Waals surface area contributed by atoms with E-state index >= 15 is 0 Å². The van der Waals surface area contributed by atoms with Gasteiger partial charge in [0.05, 0.1) is 18.0 Å². The second-order valence-corrected chi connectivity index (χ2v) is 7.59. The lowest BCUT2D eigenvalue weighted by Crippen LogP contribution is -2.48. The molecule has 0 fully saturated rings. The second kappa shape index (κ2) is 8.45. The Balaban J connectivity index is 1.77. The summed E-state index contributed by atoms with van der Waals surface area (Å²) in [5.74, 6) is 0. The van der Waals surface area contributed by atoms with Crippen molar-refractivity contribution in [1.82, 2.24) is 10.2 Å². The van der Waals surface area contributed by atoms with Gasteiger partial charge in [0.25, 0.3) is 0 Å². The SMILES string of the molecule is C/C=C(\C=CC1CC=CN1)CN1C=NC(c2c#cccc2)C1(C)CC(C)O. The lowest BCUT2D eigenvalue weighted by Gasteiger charge is -2.40. The van der Waals surface area contributed by atoms with Crippen molar-refractivity contribution in [2.75, 3.05) is 6.54 Å². The molecule has 0 bridgehead atoms. The lowest BCUT2D eigenvalue weighted by atomic mass is 9.82. The summed E-state index contributed by atoms with van der Waals surface area (Å²) in [6, 6.07) is 12.4. The summed E-state index contributed by atoms with van der Waals surface area (Å²) in [6.07, 6.45) is 13.9. The van der Waals surface area contributed by atoms with E-state index in [9.17, 15) is 5.11 Å². The van der Waals surface area contributed by atoms with Crippen molar-refractivity contribution < 1.29 is 5.11 Å². The molecule has 1 aromatic carbocycles. The Morgan fingerprint density at radius 3 is 3.04 bits per heavy atom. The molecule has 2 aliphatic heterocycles. The molecule has 4 heteroatoms. The van der Waals surface area contributed by atoms with Crippen LogP contribution < -0.4 is 5.32 Å². The third kappa shape index (κ3) is 4.43. The molecule has 1 aromatic rings. The fourth-order valence-electron chi connectivity index (χ4n) is 3.87. The molecule has 3 rings (SSSR count). The van der Waals surface area contributed by atoms with E-state index < -0.39 is 6.10 Å². The zero-order valence-electron chi connectivity index (χ0n) is 16.4. The molecule has 0 aromatic heterocycles. The lowest BCUT2D eigenvalue weighted by molar-refractivity contribution is 0.0924. The Morgan fingerprint density at radius 2 is 2.41 bits per heavy atom. The number of nitrogens with zero attached hydrogens (tertiary/aromatic N) is 2. The summed E-state index contributed by atoms with van der Waals surface area (Å²) in [7, 11) is 0. The number of aliphatic imine (C=N–C) groups is 1. The van der Waals surface area contributed by atoms with Crippen molar-refractivity contribution in [3.63, 3.8) is 0 Å². The fraction of sp³-hybridized carbons (Fsp3) is 0.435. The van der Waals surface area contributed by atoms with Crippen LogP contribution in [-0.4, -0.2) is 40.6 Å². The third-order valence-electron chi connectivity index (χ3n) is 5.36. The molecular weight excluding hydrogens is 334 g/mol. The van der Waals surface area contributed by atoms with E-state index in [4.69, 9.17) is 4.99 Å². The van der Waals surface area contributed by atoms with E-state index in [1.807, 2.05) is 37.7 Å². The summed E-state index contributed by atoms with van der Waals surface area (Å²) in [4.78, 5) is 7.04. The van der Waals surface area contributed by atoms with Crippen LogP contribution in [0.4, 0.5) is 0 Å². The van der Waals surface area contributed by atoms with Crippen molar-refractivity contribution >= 4 is 6.34 Å². The van der Waals surface area contributed by atoms with Crippen molar-refractivity contribution in [3.8, 4) is 0 Å². The van der Waals surface area contributed by atoms with E-state index in [1.165, 1.54) is 5.57 Å². The average Bonchev–Trinajstić information content (AvgIpc) is 3.27.